The van der Waals surface area contributed by atoms with Crippen LogP contribution in [0.25, 0.3) is 11.3 Å². The van der Waals surface area contributed by atoms with Gasteiger partial charge in [0.1, 0.15) is 12.4 Å². The first-order valence-corrected chi connectivity index (χ1v) is 10.0. The fourth-order valence-corrected chi connectivity index (χ4v) is 2.79. The third-order valence-electron chi connectivity index (χ3n) is 4.22. The van der Waals surface area contributed by atoms with Crippen molar-refractivity contribution in [1.29, 1.82) is 0 Å². The van der Waals surface area contributed by atoms with Crippen molar-refractivity contribution in [1.82, 2.24) is 15.5 Å². The van der Waals surface area contributed by atoms with Crippen LogP contribution in [0.3, 0.4) is 0 Å². The molecule has 1 heterocycles. The molecule has 0 unspecified atom stereocenters. The van der Waals surface area contributed by atoms with E-state index in [9.17, 15) is 9.18 Å². The molecule has 0 saturated heterocycles. The van der Waals surface area contributed by atoms with Crippen molar-refractivity contribution in [2.75, 3.05) is 26.4 Å². The minimum Gasteiger partial charge on any atom is -0.490 e. The van der Waals surface area contributed by atoms with Gasteiger partial charge in [0.15, 0.2) is 11.5 Å². The number of hydrogen-bond donors (Lipinski definition) is 1. The van der Waals surface area contributed by atoms with E-state index >= 15 is 0 Å². The molecule has 0 aliphatic heterocycles. The normalized spacial score (nSPS) is 10.4. The minimum atomic E-state index is -0.307. The summed E-state index contributed by atoms with van der Waals surface area (Å²) in [4.78, 5) is 12.4. The summed E-state index contributed by atoms with van der Waals surface area (Å²) in [6.45, 7) is 5.26. The molecule has 2 aromatic carbocycles. The number of amides is 1. The molecule has 0 aliphatic carbocycles. The maximum Gasteiger partial charge on any atom is 0.251 e. The van der Waals surface area contributed by atoms with Gasteiger partial charge in [-0.2, -0.15) is 0 Å². The SMILES string of the molecule is CCOc1ccc(C(=O)NCCOc2ccc(-c3ccc(F)cc3)nn2)cc1OCC. The number of ether oxygens (including phenoxy) is 3. The number of nitrogens with zero attached hydrogens (tertiary/aromatic N) is 2. The molecule has 0 atom stereocenters. The summed E-state index contributed by atoms with van der Waals surface area (Å²) in [5.74, 6) is 0.917. The fraction of sp³-hybridized carbons (Fsp3) is 0.261. The summed E-state index contributed by atoms with van der Waals surface area (Å²) in [5.41, 5.74) is 1.84. The molecule has 0 saturated carbocycles. The average Bonchev–Trinajstić information content (AvgIpc) is 2.79. The maximum absolute atomic E-state index is 13.0. The topological polar surface area (TPSA) is 82.6 Å². The van der Waals surface area contributed by atoms with E-state index < -0.39 is 0 Å². The van der Waals surface area contributed by atoms with Crippen molar-refractivity contribution < 1.29 is 23.4 Å². The molecule has 8 heteroatoms. The van der Waals surface area contributed by atoms with Crippen LogP contribution >= 0.6 is 0 Å². The Morgan fingerprint density at radius 1 is 0.903 bits per heavy atom. The lowest BCUT2D eigenvalue weighted by molar-refractivity contribution is 0.0946. The van der Waals surface area contributed by atoms with Gasteiger partial charge >= 0.3 is 0 Å². The van der Waals surface area contributed by atoms with Crippen LogP contribution in [0.15, 0.2) is 54.6 Å². The Bertz CT molecular complexity index is 995. The van der Waals surface area contributed by atoms with Crippen LogP contribution in [0, 0.1) is 5.82 Å². The fourth-order valence-electron chi connectivity index (χ4n) is 2.79. The number of aromatic nitrogens is 2. The summed E-state index contributed by atoms with van der Waals surface area (Å²) >= 11 is 0. The molecule has 0 radical (unpaired) electrons. The number of nitrogens with one attached hydrogen (secondary N) is 1. The van der Waals surface area contributed by atoms with Crippen LogP contribution in [0.1, 0.15) is 24.2 Å². The lowest BCUT2D eigenvalue weighted by Gasteiger charge is -2.12. The summed E-state index contributed by atoms with van der Waals surface area (Å²) < 4.78 is 29.6. The minimum absolute atomic E-state index is 0.228. The largest absolute Gasteiger partial charge is 0.490 e. The van der Waals surface area contributed by atoms with Crippen molar-refractivity contribution in [3.63, 3.8) is 0 Å². The quantitative estimate of drug-likeness (QED) is 0.496. The molecule has 0 spiro atoms. The van der Waals surface area contributed by atoms with Gasteiger partial charge in [0.25, 0.3) is 5.91 Å². The van der Waals surface area contributed by atoms with E-state index in [2.05, 4.69) is 15.5 Å². The molecule has 31 heavy (non-hydrogen) atoms. The summed E-state index contributed by atoms with van der Waals surface area (Å²) in [5, 5.41) is 10.9. The maximum atomic E-state index is 13.0. The average molecular weight is 425 g/mol. The highest BCUT2D eigenvalue weighted by atomic mass is 19.1. The monoisotopic (exact) mass is 425 g/mol. The summed E-state index contributed by atoms with van der Waals surface area (Å²) in [7, 11) is 0. The second kappa shape index (κ2) is 10.9. The Morgan fingerprint density at radius 2 is 1.65 bits per heavy atom. The summed E-state index contributed by atoms with van der Waals surface area (Å²) in [6.07, 6.45) is 0. The molecule has 3 rings (SSSR count). The van der Waals surface area contributed by atoms with E-state index in [-0.39, 0.29) is 24.9 Å². The number of carbonyl (C=O) groups excluding carboxylic acids is 1. The second-order valence-corrected chi connectivity index (χ2v) is 6.40. The van der Waals surface area contributed by atoms with E-state index in [0.717, 1.165) is 5.56 Å². The van der Waals surface area contributed by atoms with Crippen LogP contribution < -0.4 is 19.5 Å². The number of hydrogen-bond acceptors (Lipinski definition) is 6. The van der Waals surface area contributed by atoms with Gasteiger partial charge in [0, 0.05) is 17.2 Å². The third-order valence-corrected chi connectivity index (χ3v) is 4.22. The van der Waals surface area contributed by atoms with Crippen LogP contribution in [0.2, 0.25) is 0 Å². The van der Waals surface area contributed by atoms with Crippen LogP contribution in [-0.2, 0) is 0 Å². The van der Waals surface area contributed by atoms with Crippen LogP contribution in [-0.4, -0.2) is 42.5 Å². The van der Waals surface area contributed by atoms with Gasteiger partial charge in [-0.15, -0.1) is 10.2 Å². The Morgan fingerprint density at radius 3 is 2.32 bits per heavy atom. The highest BCUT2D eigenvalue weighted by molar-refractivity contribution is 5.94. The molecule has 0 bridgehead atoms. The molecular weight excluding hydrogens is 401 g/mol. The molecular formula is C23H24FN3O4. The van der Waals surface area contributed by atoms with E-state index in [4.69, 9.17) is 14.2 Å². The number of benzene rings is 2. The van der Waals surface area contributed by atoms with Crippen molar-refractivity contribution in [2.45, 2.75) is 13.8 Å². The molecule has 0 fully saturated rings. The van der Waals surface area contributed by atoms with Gasteiger partial charge in [-0.3, -0.25) is 4.79 Å². The van der Waals surface area contributed by atoms with Gasteiger partial charge in [-0.05, 0) is 62.4 Å². The van der Waals surface area contributed by atoms with Gasteiger partial charge in [-0.25, -0.2) is 4.39 Å². The molecule has 3 aromatic rings. The van der Waals surface area contributed by atoms with E-state index in [1.807, 2.05) is 13.8 Å². The standard InChI is InChI=1S/C23H24FN3O4/c1-3-29-20-11-7-17(15-21(20)30-4-2)23(28)25-13-14-31-22-12-10-19(26-27-22)16-5-8-18(24)9-6-16/h5-12,15H,3-4,13-14H2,1-2H3,(H,25,28). The molecule has 1 amide bonds. The van der Waals surface area contributed by atoms with Gasteiger partial charge < -0.3 is 19.5 Å². The van der Waals surface area contributed by atoms with Crippen molar-refractivity contribution in [2.24, 2.45) is 0 Å². The first kappa shape index (κ1) is 22.0. The first-order valence-electron chi connectivity index (χ1n) is 10.0. The Balaban J connectivity index is 1.49. The zero-order valence-corrected chi connectivity index (χ0v) is 17.4. The van der Waals surface area contributed by atoms with Gasteiger partial charge in [0.05, 0.1) is 25.5 Å². The van der Waals surface area contributed by atoms with Crippen LogP contribution in [0.4, 0.5) is 4.39 Å². The van der Waals surface area contributed by atoms with Gasteiger partial charge in [0.2, 0.25) is 5.88 Å². The van der Waals surface area contributed by atoms with Crippen LogP contribution in [0.5, 0.6) is 17.4 Å². The summed E-state index contributed by atoms with van der Waals surface area (Å²) in [6, 6.07) is 14.5. The van der Waals surface area contributed by atoms with Crippen molar-refractivity contribution in [3.05, 3.63) is 66.0 Å². The predicted molar refractivity (Wildman–Crippen MR) is 114 cm³/mol. The molecule has 162 valence electrons. The molecule has 0 aliphatic rings. The van der Waals surface area contributed by atoms with E-state index in [1.54, 1.807) is 42.5 Å². The highest BCUT2D eigenvalue weighted by Crippen LogP contribution is 2.28. The van der Waals surface area contributed by atoms with E-state index in [0.29, 0.717) is 41.9 Å². The molecule has 1 N–H and O–H groups in total. The number of rotatable bonds is 10. The Labute approximate surface area is 180 Å². The Kier molecular flexibility index (Phi) is 7.75. The molecule has 7 nitrogen and oxygen atoms in total. The van der Waals surface area contributed by atoms with Gasteiger partial charge in [-0.1, -0.05) is 0 Å². The molecule has 1 aromatic heterocycles. The predicted octanol–water partition coefficient (Wildman–Crippen LogP) is 3.89. The Hall–Kier alpha value is -3.68. The van der Waals surface area contributed by atoms with E-state index in [1.165, 1.54) is 12.1 Å². The first-order chi connectivity index (χ1) is 15.1. The lowest BCUT2D eigenvalue weighted by atomic mass is 10.1. The second-order valence-electron chi connectivity index (χ2n) is 6.40. The van der Waals surface area contributed by atoms with Crippen molar-refractivity contribution >= 4 is 5.91 Å². The van der Waals surface area contributed by atoms with Crippen molar-refractivity contribution in [3.8, 4) is 28.6 Å². The smallest absolute Gasteiger partial charge is 0.251 e. The zero-order chi connectivity index (χ0) is 22.1. The third kappa shape index (κ3) is 6.15. The highest BCUT2D eigenvalue weighted by Gasteiger charge is 2.11. The zero-order valence-electron chi connectivity index (χ0n) is 17.4. The lowest BCUT2D eigenvalue weighted by Crippen LogP contribution is -2.28. The number of carbonyl (C=O) groups is 1. The number of halogens is 1.